The molecule has 0 radical (unpaired) electrons. The van der Waals surface area contributed by atoms with Crippen molar-refractivity contribution in [3.63, 3.8) is 0 Å². The van der Waals surface area contributed by atoms with Gasteiger partial charge in [0, 0.05) is 23.3 Å². The molecule has 0 heterocycles. The predicted molar refractivity (Wildman–Crippen MR) is 77.3 cm³/mol. The number of hydrogen-bond donors (Lipinski definition) is 0. The topological polar surface area (TPSA) is 69.4 Å². The van der Waals surface area contributed by atoms with Crippen LogP contribution in [0.15, 0.2) is 48.5 Å². The number of non-ortho nitro benzene ring substituents is 1. The van der Waals surface area contributed by atoms with E-state index in [0.29, 0.717) is 16.9 Å². The van der Waals surface area contributed by atoms with Gasteiger partial charge in [0.05, 0.1) is 12.0 Å². The number of carbonyl (C=O) groups is 1. The number of nitro groups is 1. The smallest absolute Gasteiger partial charge is 0.269 e. The van der Waals surface area contributed by atoms with Gasteiger partial charge in [-0.2, -0.15) is 0 Å². The van der Waals surface area contributed by atoms with Gasteiger partial charge in [0.1, 0.15) is 5.75 Å². The fourth-order valence-corrected chi connectivity index (χ4v) is 1.61. The molecule has 21 heavy (non-hydrogen) atoms. The summed E-state index contributed by atoms with van der Waals surface area (Å²) in [6.45, 7) is 0. The zero-order valence-electron chi connectivity index (χ0n) is 11.2. The molecule has 0 amide bonds. The average Bonchev–Trinajstić information content (AvgIpc) is 2.53. The zero-order chi connectivity index (χ0) is 15.2. The number of nitrogens with zero attached hydrogens (tertiary/aromatic N) is 1. The number of benzene rings is 2. The van der Waals surface area contributed by atoms with Gasteiger partial charge in [-0.25, -0.2) is 0 Å². The molecule has 104 valence electrons. The van der Waals surface area contributed by atoms with Gasteiger partial charge in [0.2, 0.25) is 5.78 Å². The van der Waals surface area contributed by atoms with E-state index in [1.54, 1.807) is 31.4 Å². The number of nitro benzene ring substituents is 1. The molecule has 0 saturated carbocycles. The number of rotatable bonds is 3. The molecule has 0 unspecified atom stereocenters. The molecule has 0 aliphatic heterocycles. The first-order chi connectivity index (χ1) is 10.1. The van der Waals surface area contributed by atoms with Crippen LogP contribution in [0.3, 0.4) is 0 Å². The first-order valence-electron chi connectivity index (χ1n) is 6.05. The van der Waals surface area contributed by atoms with Crippen molar-refractivity contribution in [2.24, 2.45) is 0 Å². The van der Waals surface area contributed by atoms with E-state index in [2.05, 4.69) is 11.8 Å². The van der Waals surface area contributed by atoms with Crippen molar-refractivity contribution >= 4 is 11.5 Å². The van der Waals surface area contributed by atoms with Crippen molar-refractivity contribution in [1.29, 1.82) is 0 Å². The summed E-state index contributed by atoms with van der Waals surface area (Å²) in [5.41, 5.74) is 0.995. The minimum Gasteiger partial charge on any atom is -0.497 e. The standard InChI is InChI=1S/C16H11NO4/c1-21-15-9-5-13(6-10-15)16(18)11-4-12-2-7-14(8-3-12)17(19)20/h2-3,5-10H,1H3. The van der Waals surface area contributed by atoms with Crippen LogP contribution in [0.25, 0.3) is 0 Å². The molecule has 2 rings (SSSR count). The molecule has 0 N–H and O–H groups in total. The Labute approximate surface area is 121 Å². The number of Topliss-reactive ketones (excluding diaryl/α,β-unsaturated/α-hetero) is 1. The van der Waals surface area contributed by atoms with Crippen molar-refractivity contribution in [2.45, 2.75) is 0 Å². The largest absolute Gasteiger partial charge is 0.497 e. The third-order valence-electron chi connectivity index (χ3n) is 2.75. The number of carbonyl (C=O) groups excluding carboxylic acids is 1. The van der Waals surface area contributed by atoms with Gasteiger partial charge >= 0.3 is 0 Å². The van der Waals surface area contributed by atoms with E-state index in [1.165, 1.54) is 24.3 Å². The molecule has 5 heteroatoms. The fraction of sp³-hybridized carbons (Fsp3) is 0.0625. The normalized spacial score (nSPS) is 9.38. The second-order valence-corrected chi connectivity index (χ2v) is 4.11. The maximum absolute atomic E-state index is 11.9. The summed E-state index contributed by atoms with van der Waals surface area (Å²) in [6, 6.07) is 12.3. The van der Waals surface area contributed by atoms with Gasteiger partial charge in [-0.15, -0.1) is 0 Å². The van der Waals surface area contributed by atoms with Crippen molar-refractivity contribution < 1.29 is 14.5 Å². The Balaban J connectivity index is 2.13. The SMILES string of the molecule is COc1ccc(C(=O)C#Cc2ccc([N+](=O)[O-])cc2)cc1. The third-order valence-corrected chi connectivity index (χ3v) is 2.75. The highest BCUT2D eigenvalue weighted by molar-refractivity contribution is 6.09. The lowest BCUT2D eigenvalue weighted by atomic mass is 10.1. The van der Waals surface area contributed by atoms with Crippen LogP contribution < -0.4 is 4.74 Å². The fourth-order valence-electron chi connectivity index (χ4n) is 1.61. The second kappa shape index (κ2) is 6.35. The van der Waals surface area contributed by atoms with E-state index < -0.39 is 4.92 Å². The lowest BCUT2D eigenvalue weighted by molar-refractivity contribution is -0.384. The molecule has 0 atom stereocenters. The summed E-state index contributed by atoms with van der Waals surface area (Å²) >= 11 is 0. The molecule has 2 aromatic carbocycles. The number of methoxy groups -OCH3 is 1. The highest BCUT2D eigenvalue weighted by atomic mass is 16.6. The monoisotopic (exact) mass is 281 g/mol. The average molecular weight is 281 g/mol. The quantitative estimate of drug-likeness (QED) is 0.375. The first-order valence-corrected chi connectivity index (χ1v) is 6.05. The van der Waals surface area contributed by atoms with Gasteiger partial charge < -0.3 is 4.74 Å². The van der Waals surface area contributed by atoms with Gasteiger partial charge in [-0.3, -0.25) is 14.9 Å². The molecule has 0 spiro atoms. The predicted octanol–water partition coefficient (Wildman–Crippen LogP) is 2.84. The van der Waals surface area contributed by atoms with Crippen molar-refractivity contribution in [3.05, 3.63) is 69.8 Å². The van der Waals surface area contributed by atoms with Crippen LogP contribution in [0.2, 0.25) is 0 Å². The van der Waals surface area contributed by atoms with E-state index in [4.69, 9.17) is 4.74 Å². The maximum atomic E-state index is 11.9. The number of ketones is 1. The minimum atomic E-state index is -0.486. The minimum absolute atomic E-state index is 0.0120. The summed E-state index contributed by atoms with van der Waals surface area (Å²) in [7, 11) is 1.55. The maximum Gasteiger partial charge on any atom is 0.269 e. The molecule has 5 nitrogen and oxygen atoms in total. The molecule has 0 bridgehead atoms. The Kier molecular flexibility index (Phi) is 4.32. The van der Waals surface area contributed by atoms with Gasteiger partial charge in [0.15, 0.2) is 0 Å². The Morgan fingerprint density at radius 3 is 2.24 bits per heavy atom. The van der Waals surface area contributed by atoms with E-state index in [0.717, 1.165) is 0 Å². The first kappa shape index (κ1) is 14.3. The molecule has 2 aromatic rings. The summed E-state index contributed by atoms with van der Waals surface area (Å²) in [4.78, 5) is 21.9. The van der Waals surface area contributed by atoms with Crippen LogP contribution in [0, 0.1) is 22.0 Å². The summed E-state index contributed by atoms with van der Waals surface area (Å²) in [5, 5.41) is 10.5. The van der Waals surface area contributed by atoms with Crippen LogP contribution in [0.4, 0.5) is 5.69 Å². The molecule has 0 aliphatic rings. The van der Waals surface area contributed by atoms with Crippen LogP contribution in [0.5, 0.6) is 5.75 Å². The second-order valence-electron chi connectivity index (χ2n) is 4.11. The lowest BCUT2D eigenvalue weighted by Crippen LogP contribution is -1.95. The van der Waals surface area contributed by atoms with E-state index in [1.807, 2.05) is 0 Å². The van der Waals surface area contributed by atoms with E-state index >= 15 is 0 Å². The highest BCUT2D eigenvalue weighted by Crippen LogP contribution is 2.12. The van der Waals surface area contributed by atoms with Crippen molar-refractivity contribution in [1.82, 2.24) is 0 Å². The Bertz CT molecular complexity index is 722. The van der Waals surface area contributed by atoms with Gasteiger partial charge in [-0.1, -0.05) is 5.92 Å². The molecular weight excluding hydrogens is 270 g/mol. The highest BCUT2D eigenvalue weighted by Gasteiger charge is 2.04. The van der Waals surface area contributed by atoms with Crippen LogP contribution in [0.1, 0.15) is 15.9 Å². The Hall–Kier alpha value is -3.13. The van der Waals surface area contributed by atoms with Crippen LogP contribution in [-0.4, -0.2) is 17.8 Å². The summed E-state index contributed by atoms with van der Waals surface area (Å²) in [6.07, 6.45) is 0. The molecule has 0 saturated heterocycles. The van der Waals surface area contributed by atoms with E-state index in [-0.39, 0.29) is 11.5 Å². The van der Waals surface area contributed by atoms with Gasteiger partial charge in [-0.05, 0) is 42.3 Å². The zero-order valence-corrected chi connectivity index (χ0v) is 11.2. The Morgan fingerprint density at radius 1 is 1.10 bits per heavy atom. The molecule has 0 aromatic heterocycles. The van der Waals surface area contributed by atoms with Crippen LogP contribution in [-0.2, 0) is 0 Å². The molecular formula is C16H11NO4. The molecule has 0 aliphatic carbocycles. The number of ether oxygens (including phenoxy) is 1. The Morgan fingerprint density at radius 2 is 1.71 bits per heavy atom. The third kappa shape index (κ3) is 3.67. The van der Waals surface area contributed by atoms with Crippen LogP contribution >= 0.6 is 0 Å². The van der Waals surface area contributed by atoms with Crippen molar-refractivity contribution in [2.75, 3.05) is 7.11 Å². The molecule has 0 fully saturated rings. The van der Waals surface area contributed by atoms with Gasteiger partial charge in [0.25, 0.3) is 5.69 Å². The lowest BCUT2D eigenvalue weighted by Gasteiger charge is -1.98. The summed E-state index contributed by atoms with van der Waals surface area (Å²) in [5.74, 6) is 5.52. The number of hydrogen-bond acceptors (Lipinski definition) is 4. The summed E-state index contributed by atoms with van der Waals surface area (Å²) < 4.78 is 5.01. The van der Waals surface area contributed by atoms with Crippen molar-refractivity contribution in [3.8, 4) is 17.6 Å². The van der Waals surface area contributed by atoms with E-state index in [9.17, 15) is 14.9 Å².